The Morgan fingerprint density at radius 1 is 0.929 bits per heavy atom. The van der Waals surface area contributed by atoms with Crippen molar-refractivity contribution in [3.8, 4) is 11.5 Å². The summed E-state index contributed by atoms with van der Waals surface area (Å²) >= 11 is 0. The monoisotopic (exact) mass is 386 g/mol. The zero-order valence-corrected chi connectivity index (χ0v) is 16.8. The number of carbonyl (C=O) groups is 2. The quantitative estimate of drug-likeness (QED) is 0.707. The second kappa shape index (κ2) is 7.64. The lowest BCUT2D eigenvalue weighted by atomic mass is 9.49. The van der Waals surface area contributed by atoms with Gasteiger partial charge in [0.15, 0.2) is 0 Å². The van der Waals surface area contributed by atoms with Crippen LogP contribution in [0.5, 0.6) is 11.5 Å². The molecule has 0 aliphatic heterocycles. The summed E-state index contributed by atoms with van der Waals surface area (Å²) in [7, 11) is 3.05. The van der Waals surface area contributed by atoms with E-state index in [4.69, 9.17) is 9.47 Å². The fourth-order valence-electron chi connectivity index (χ4n) is 6.09. The van der Waals surface area contributed by atoms with Crippen molar-refractivity contribution in [3.05, 3.63) is 23.8 Å². The van der Waals surface area contributed by atoms with Gasteiger partial charge in [0.05, 0.1) is 14.2 Å². The minimum atomic E-state index is -0.265. The van der Waals surface area contributed by atoms with Crippen LogP contribution in [0.1, 0.15) is 48.9 Å². The maximum atomic E-state index is 12.9. The predicted octanol–water partition coefficient (Wildman–Crippen LogP) is 2.77. The highest BCUT2D eigenvalue weighted by atomic mass is 16.5. The minimum Gasteiger partial charge on any atom is -0.496 e. The molecule has 0 unspecified atom stereocenters. The van der Waals surface area contributed by atoms with Gasteiger partial charge in [0, 0.05) is 18.5 Å². The molecule has 4 bridgehead atoms. The normalized spacial score (nSPS) is 30.0. The molecule has 6 nitrogen and oxygen atoms in total. The molecule has 0 heterocycles. The molecule has 0 saturated heterocycles. The summed E-state index contributed by atoms with van der Waals surface area (Å²) in [5.74, 6) is 3.09. The first-order valence-electron chi connectivity index (χ1n) is 10.3. The second-order valence-corrected chi connectivity index (χ2v) is 8.75. The molecular weight excluding hydrogens is 356 g/mol. The van der Waals surface area contributed by atoms with E-state index in [-0.39, 0.29) is 17.2 Å². The van der Waals surface area contributed by atoms with Crippen LogP contribution in [0.3, 0.4) is 0 Å². The summed E-state index contributed by atoms with van der Waals surface area (Å²) in [6, 6.07) is 5.23. The van der Waals surface area contributed by atoms with Crippen molar-refractivity contribution in [1.82, 2.24) is 10.6 Å². The molecule has 0 atom stereocenters. The van der Waals surface area contributed by atoms with Crippen molar-refractivity contribution >= 4 is 11.8 Å². The summed E-state index contributed by atoms with van der Waals surface area (Å²) in [5.41, 5.74) is 0.227. The number of nitrogens with one attached hydrogen (secondary N) is 2. The van der Waals surface area contributed by atoms with Crippen LogP contribution < -0.4 is 20.1 Å². The Balaban J connectivity index is 1.31. The van der Waals surface area contributed by atoms with Crippen LogP contribution in [0.15, 0.2) is 18.2 Å². The van der Waals surface area contributed by atoms with Gasteiger partial charge in [0.1, 0.15) is 17.1 Å². The molecule has 152 valence electrons. The van der Waals surface area contributed by atoms with Crippen molar-refractivity contribution < 1.29 is 19.1 Å². The van der Waals surface area contributed by atoms with E-state index in [9.17, 15) is 9.59 Å². The SMILES string of the molecule is COc1cccc(OC)c1C(=O)NCCNC(=O)C12CC3CC(CC(C3)C1)C2. The molecule has 28 heavy (non-hydrogen) atoms. The van der Waals surface area contributed by atoms with Gasteiger partial charge in [0.25, 0.3) is 5.91 Å². The minimum absolute atomic E-state index is 0.148. The summed E-state index contributed by atoms with van der Waals surface area (Å²) < 4.78 is 10.6. The number of amides is 2. The van der Waals surface area contributed by atoms with E-state index in [0.29, 0.717) is 30.2 Å². The number of benzene rings is 1. The average molecular weight is 386 g/mol. The fourth-order valence-corrected chi connectivity index (χ4v) is 6.09. The molecule has 2 N–H and O–H groups in total. The van der Waals surface area contributed by atoms with Gasteiger partial charge >= 0.3 is 0 Å². The molecule has 5 rings (SSSR count). The summed E-state index contributed by atoms with van der Waals surface area (Å²) in [6.45, 7) is 0.807. The number of methoxy groups -OCH3 is 2. The third-order valence-electron chi connectivity index (χ3n) is 6.87. The summed E-state index contributed by atoms with van der Waals surface area (Å²) in [6.07, 6.45) is 7.12. The Labute approximate surface area is 166 Å². The molecule has 0 radical (unpaired) electrons. The smallest absolute Gasteiger partial charge is 0.258 e. The highest BCUT2D eigenvalue weighted by Gasteiger charge is 2.54. The van der Waals surface area contributed by atoms with E-state index < -0.39 is 0 Å². The van der Waals surface area contributed by atoms with E-state index in [1.165, 1.54) is 33.5 Å². The van der Waals surface area contributed by atoms with Crippen LogP contribution >= 0.6 is 0 Å². The van der Waals surface area contributed by atoms with E-state index >= 15 is 0 Å². The van der Waals surface area contributed by atoms with Gasteiger partial charge in [-0.1, -0.05) is 6.07 Å². The van der Waals surface area contributed by atoms with E-state index in [0.717, 1.165) is 37.0 Å². The fraction of sp³-hybridized carbons (Fsp3) is 0.636. The summed E-state index contributed by atoms with van der Waals surface area (Å²) in [4.78, 5) is 25.5. The van der Waals surface area contributed by atoms with Crippen molar-refractivity contribution in [1.29, 1.82) is 0 Å². The van der Waals surface area contributed by atoms with Gasteiger partial charge in [0.2, 0.25) is 5.91 Å². The lowest BCUT2D eigenvalue weighted by Crippen LogP contribution is -2.54. The third-order valence-corrected chi connectivity index (χ3v) is 6.87. The van der Waals surface area contributed by atoms with E-state index in [1.807, 2.05) is 0 Å². The number of hydrogen-bond acceptors (Lipinski definition) is 4. The first-order valence-corrected chi connectivity index (χ1v) is 10.3. The maximum absolute atomic E-state index is 12.9. The standard InChI is InChI=1S/C22H30N2O4/c1-27-17-4-3-5-18(28-2)19(17)20(25)23-6-7-24-21(26)22-11-14-8-15(12-22)10-16(9-14)13-22/h3-5,14-16H,6-13H2,1-2H3,(H,23,25)(H,24,26). The first kappa shape index (κ1) is 19.1. The van der Waals surface area contributed by atoms with Gasteiger partial charge in [-0.2, -0.15) is 0 Å². The number of ether oxygens (including phenoxy) is 2. The first-order chi connectivity index (χ1) is 13.5. The largest absolute Gasteiger partial charge is 0.496 e. The van der Waals surface area contributed by atoms with Gasteiger partial charge in [-0.05, 0) is 68.4 Å². The highest BCUT2D eigenvalue weighted by molar-refractivity contribution is 5.99. The number of carbonyl (C=O) groups excluding carboxylic acids is 2. The lowest BCUT2D eigenvalue weighted by molar-refractivity contribution is -0.146. The molecule has 4 aliphatic rings. The van der Waals surface area contributed by atoms with Crippen LogP contribution in [0.2, 0.25) is 0 Å². The van der Waals surface area contributed by atoms with Crippen molar-refractivity contribution in [3.63, 3.8) is 0 Å². The predicted molar refractivity (Wildman–Crippen MR) is 105 cm³/mol. The van der Waals surface area contributed by atoms with E-state index in [2.05, 4.69) is 10.6 Å². The van der Waals surface area contributed by atoms with Crippen molar-refractivity contribution in [2.24, 2.45) is 23.2 Å². The van der Waals surface area contributed by atoms with Crippen LogP contribution in [0, 0.1) is 23.2 Å². The Bertz CT molecular complexity index is 703. The number of rotatable bonds is 7. The Morgan fingerprint density at radius 2 is 1.43 bits per heavy atom. The van der Waals surface area contributed by atoms with Gasteiger partial charge in [-0.3, -0.25) is 9.59 Å². The van der Waals surface area contributed by atoms with Crippen molar-refractivity contribution in [2.75, 3.05) is 27.3 Å². The van der Waals surface area contributed by atoms with Crippen LogP contribution in [-0.2, 0) is 4.79 Å². The Kier molecular flexibility index (Phi) is 5.21. The second-order valence-electron chi connectivity index (χ2n) is 8.75. The molecule has 2 amide bonds. The van der Waals surface area contributed by atoms with Gasteiger partial charge in [-0.25, -0.2) is 0 Å². The summed E-state index contributed by atoms with van der Waals surface area (Å²) in [5, 5.41) is 5.95. The van der Waals surface area contributed by atoms with E-state index in [1.54, 1.807) is 18.2 Å². The average Bonchev–Trinajstić information content (AvgIpc) is 2.69. The number of hydrogen-bond donors (Lipinski definition) is 2. The molecule has 1 aromatic rings. The van der Waals surface area contributed by atoms with Gasteiger partial charge in [-0.15, -0.1) is 0 Å². The van der Waals surface area contributed by atoms with Crippen LogP contribution in [-0.4, -0.2) is 39.1 Å². The molecule has 4 saturated carbocycles. The Morgan fingerprint density at radius 3 is 1.93 bits per heavy atom. The molecule has 4 aliphatic carbocycles. The highest BCUT2D eigenvalue weighted by Crippen LogP contribution is 2.60. The van der Waals surface area contributed by atoms with Gasteiger partial charge < -0.3 is 20.1 Å². The molecule has 0 spiro atoms. The third kappa shape index (κ3) is 3.45. The topological polar surface area (TPSA) is 76.7 Å². The maximum Gasteiger partial charge on any atom is 0.258 e. The van der Waals surface area contributed by atoms with Crippen LogP contribution in [0.25, 0.3) is 0 Å². The molecular formula is C22H30N2O4. The molecule has 6 heteroatoms. The molecule has 4 fully saturated rings. The zero-order chi connectivity index (χ0) is 19.7. The van der Waals surface area contributed by atoms with Crippen molar-refractivity contribution in [2.45, 2.75) is 38.5 Å². The lowest BCUT2D eigenvalue weighted by Gasteiger charge is -2.55. The van der Waals surface area contributed by atoms with Crippen LogP contribution in [0.4, 0.5) is 0 Å². The zero-order valence-electron chi connectivity index (χ0n) is 16.8. The Hall–Kier alpha value is -2.24. The molecule has 1 aromatic carbocycles. The molecule has 0 aromatic heterocycles.